The number of tetrazole rings is 1. The molecular weight excluding hydrogens is 210 g/mol. The molecule has 0 spiro atoms. The zero-order valence-corrected chi connectivity index (χ0v) is 8.88. The first-order valence-electron chi connectivity index (χ1n) is 4.53. The molecule has 1 amide bonds. The summed E-state index contributed by atoms with van der Waals surface area (Å²) < 4.78 is 1.63. The lowest BCUT2D eigenvalue weighted by atomic mass is 10.4. The molecular formula is C8H11N7O. The zero-order chi connectivity index (χ0) is 11.7. The zero-order valence-electron chi connectivity index (χ0n) is 8.88. The van der Waals surface area contributed by atoms with Crippen LogP contribution in [0.5, 0.6) is 0 Å². The van der Waals surface area contributed by atoms with E-state index in [1.54, 1.807) is 30.9 Å². The summed E-state index contributed by atoms with van der Waals surface area (Å²) in [6.45, 7) is 0. The smallest absolute Gasteiger partial charge is 0.274 e. The van der Waals surface area contributed by atoms with Crippen molar-refractivity contribution in [3.05, 3.63) is 18.0 Å². The monoisotopic (exact) mass is 221 g/mol. The third kappa shape index (κ3) is 1.85. The number of carbonyl (C=O) groups is 1. The fourth-order valence-corrected chi connectivity index (χ4v) is 1.32. The van der Waals surface area contributed by atoms with Crippen molar-refractivity contribution in [1.29, 1.82) is 0 Å². The number of anilines is 2. The van der Waals surface area contributed by atoms with Gasteiger partial charge in [-0.2, -0.15) is 4.80 Å². The van der Waals surface area contributed by atoms with Gasteiger partial charge in [-0.3, -0.25) is 10.1 Å². The highest BCUT2D eigenvalue weighted by Crippen LogP contribution is 2.09. The van der Waals surface area contributed by atoms with E-state index in [0.717, 1.165) is 0 Å². The highest BCUT2D eigenvalue weighted by molar-refractivity contribution is 6.02. The Balaban J connectivity index is 2.17. The van der Waals surface area contributed by atoms with Crippen molar-refractivity contribution in [1.82, 2.24) is 24.8 Å². The number of carbonyl (C=O) groups excluding carboxylic acids is 1. The number of amides is 1. The summed E-state index contributed by atoms with van der Waals surface area (Å²) in [7, 11) is 3.35. The molecule has 0 bridgehead atoms. The van der Waals surface area contributed by atoms with E-state index < -0.39 is 0 Å². The second kappa shape index (κ2) is 3.65. The van der Waals surface area contributed by atoms with E-state index in [0.29, 0.717) is 11.4 Å². The highest BCUT2D eigenvalue weighted by atomic mass is 16.2. The maximum atomic E-state index is 11.8. The van der Waals surface area contributed by atoms with E-state index in [1.807, 2.05) is 0 Å². The van der Waals surface area contributed by atoms with Crippen molar-refractivity contribution in [2.45, 2.75) is 0 Å². The fourth-order valence-electron chi connectivity index (χ4n) is 1.32. The molecule has 0 saturated carbocycles. The molecule has 3 N–H and O–H groups in total. The molecule has 2 heterocycles. The molecule has 0 fully saturated rings. The Morgan fingerprint density at radius 3 is 2.75 bits per heavy atom. The second-order valence-electron chi connectivity index (χ2n) is 3.33. The number of nitrogens with one attached hydrogen (secondary N) is 1. The third-order valence-electron chi connectivity index (χ3n) is 1.99. The van der Waals surface area contributed by atoms with Crippen molar-refractivity contribution in [3.63, 3.8) is 0 Å². The van der Waals surface area contributed by atoms with Gasteiger partial charge in [-0.15, -0.1) is 5.10 Å². The van der Waals surface area contributed by atoms with Crippen molar-refractivity contribution < 1.29 is 4.79 Å². The average molecular weight is 221 g/mol. The van der Waals surface area contributed by atoms with Gasteiger partial charge in [-0.25, -0.2) is 0 Å². The van der Waals surface area contributed by atoms with Crippen LogP contribution in [0.25, 0.3) is 0 Å². The minimum absolute atomic E-state index is 0.160. The topological polar surface area (TPSA) is 104 Å². The van der Waals surface area contributed by atoms with Gasteiger partial charge in [0.2, 0.25) is 0 Å². The van der Waals surface area contributed by atoms with Crippen molar-refractivity contribution >= 4 is 17.5 Å². The first-order valence-corrected chi connectivity index (χ1v) is 4.53. The van der Waals surface area contributed by atoms with Crippen LogP contribution in [0.1, 0.15) is 10.5 Å². The normalized spacial score (nSPS) is 10.4. The molecule has 0 aromatic carbocycles. The number of aromatic nitrogens is 5. The lowest BCUT2D eigenvalue weighted by Gasteiger charge is -2.00. The number of rotatable bonds is 2. The quantitative estimate of drug-likeness (QED) is 0.703. The van der Waals surface area contributed by atoms with Gasteiger partial charge in [0, 0.05) is 13.2 Å². The molecule has 0 unspecified atom stereocenters. The summed E-state index contributed by atoms with van der Waals surface area (Å²) in [5, 5.41) is 13.6. The van der Waals surface area contributed by atoms with Crippen LogP contribution in [-0.4, -0.2) is 30.7 Å². The standard InChI is InChI=1S/C8H11N7O/c1-14-4-5(9)3-6(14)7(16)10-8-11-13-15(2)12-8/h3-4H,9H2,1-2H3,(H,10,12,16). The maximum absolute atomic E-state index is 11.8. The molecule has 16 heavy (non-hydrogen) atoms. The fraction of sp³-hybridized carbons (Fsp3) is 0.250. The van der Waals surface area contributed by atoms with Gasteiger partial charge >= 0.3 is 0 Å². The Bertz CT molecular complexity index is 526. The van der Waals surface area contributed by atoms with Crippen molar-refractivity contribution in [2.75, 3.05) is 11.1 Å². The summed E-state index contributed by atoms with van der Waals surface area (Å²) in [5.41, 5.74) is 6.53. The Kier molecular flexibility index (Phi) is 2.31. The summed E-state index contributed by atoms with van der Waals surface area (Å²) in [6, 6.07) is 1.58. The van der Waals surface area contributed by atoms with E-state index in [9.17, 15) is 4.79 Å². The highest BCUT2D eigenvalue weighted by Gasteiger charge is 2.13. The van der Waals surface area contributed by atoms with Gasteiger partial charge in [0.1, 0.15) is 5.69 Å². The Hall–Kier alpha value is -2.38. The first-order chi connectivity index (χ1) is 7.56. The van der Waals surface area contributed by atoms with Crippen molar-refractivity contribution in [2.24, 2.45) is 14.1 Å². The first kappa shape index (κ1) is 10.1. The molecule has 2 aromatic rings. The van der Waals surface area contributed by atoms with E-state index >= 15 is 0 Å². The SMILES string of the molecule is Cn1nnc(NC(=O)c2cc(N)cn2C)n1. The summed E-state index contributed by atoms with van der Waals surface area (Å²) in [5.74, 6) is -0.167. The predicted octanol–water partition coefficient (Wildman–Crippen LogP) is -0.617. The number of hydrogen-bond donors (Lipinski definition) is 2. The van der Waals surface area contributed by atoms with Crippen LogP contribution in [-0.2, 0) is 14.1 Å². The lowest BCUT2D eigenvalue weighted by Crippen LogP contribution is -2.16. The number of nitrogens with zero attached hydrogens (tertiary/aromatic N) is 5. The van der Waals surface area contributed by atoms with E-state index in [1.165, 1.54) is 4.80 Å². The minimum atomic E-state index is -0.327. The predicted molar refractivity (Wildman–Crippen MR) is 56.6 cm³/mol. The van der Waals surface area contributed by atoms with Crippen LogP contribution in [0.3, 0.4) is 0 Å². The van der Waals surface area contributed by atoms with Gasteiger partial charge < -0.3 is 10.3 Å². The summed E-state index contributed by atoms with van der Waals surface area (Å²) in [4.78, 5) is 13.0. The number of hydrogen-bond acceptors (Lipinski definition) is 5. The van der Waals surface area contributed by atoms with Crippen LogP contribution in [0.2, 0.25) is 0 Å². The summed E-state index contributed by atoms with van der Waals surface area (Å²) in [6.07, 6.45) is 1.65. The van der Waals surface area contributed by atoms with Crippen LogP contribution in [0.15, 0.2) is 12.3 Å². The number of nitrogen functional groups attached to an aromatic ring is 1. The lowest BCUT2D eigenvalue weighted by molar-refractivity contribution is 0.101. The number of nitrogens with two attached hydrogens (primary N) is 1. The Labute approximate surface area is 91.0 Å². The molecule has 2 rings (SSSR count). The van der Waals surface area contributed by atoms with Gasteiger partial charge in [0.25, 0.3) is 11.9 Å². The Morgan fingerprint density at radius 2 is 2.25 bits per heavy atom. The van der Waals surface area contributed by atoms with E-state index in [2.05, 4.69) is 20.7 Å². The molecule has 8 heteroatoms. The van der Waals surface area contributed by atoms with E-state index in [-0.39, 0.29) is 11.9 Å². The molecule has 0 aliphatic rings. The van der Waals surface area contributed by atoms with Gasteiger partial charge in [-0.05, 0) is 11.3 Å². The van der Waals surface area contributed by atoms with Gasteiger partial charge in [0.05, 0.1) is 12.7 Å². The molecule has 84 valence electrons. The Morgan fingerprint density at radius 1 is 1.50 bits per heavy atom. The molecule has 2 aromatic heterocycles. The minimum Gasteiger partial charge on any atom is -0.397 e. The van der Waals surface area contributed by atoms with Crippen molar-refractivity contribution in [3.8, 4) is 0 Å². The van der Waals surface area contributed by atoms with Gasteiger partial charge in [0.15, 0.2) is 0 Å². The van der Waals surface area contributed by atoms with Crippen LogP contribution in [0, 0.1) is 0 Å². The molecule has 0 aliphatic heterocycles. The summed E-state index contributed by atoms with van der Waals surface area (Å²) >= 11 is 0. The maximum Gasteiger partial charge on any atom is 0.274 e. The van der Waals surface area contributed by atoms with E-state index in [4.69, 9.17) is 5.73 Å². The van der Waals surface area contributed by atoms with Crippen LogP contribution < -0.4 is 11.1 Å². The largest absolute Gasteiger partial charge is 0.397 e. The van der Waals surface area contributed by atoms with Crippen LogP contribution >= 0.6 is 0 Å². The molecule has 8 nitrogen and oxygen atoms in total. The van der Waals surface area contributed by atoms with Crippen LogP contribution in [0.4, 0.5) is 11.6 Å². The van der Waals surface area contributed by atoms with Gasteiger partial charge in [-0.1, -0.05) is 5.10 Å². The molecule has 0 saturated heterocycles. The number of aryl methyl sites for hydroxylation is 2. The molecule has 0 radical (unpaired) electrons. The second-order valence-corrected chi connectivity index (χ2v) is 3.33. The average Bonchev–Trinajstić information content (AvgIpc) is 2.73. The molecule has 0 aliphatic carbocycles. The third-order valence-corrected chi connectivity index (χ3v) is 1.99. The molecule has 0 atom stereocenters.